The second-order valence-corrected chi connectivity index (χ2v) is 3.05. The first-order valence-electron chi connectivity index (χ1n) is 2.56. The van der Waals surface area contributed by atoms with Gasteiger partial charge in [0.05, 0.1) is 14.9 Å². The third-order valence-electron chi connectivity index (χ3n) is 1.09. The van der Waals surface area contributed by atoms with Crippen LogP contribution in [0.4, 0.5) is 8.78 Å². The lowest BCUT2D eigenvalue weighted by molar-refractivity contribution is 0.578. The van der Waals surface area contributed by atoms with Crippen LogP contribution in [-0.4, -0.2) is 0 Å². The minimum Gasteiger partial charge on any atom is -0.205 e. The Morgan fingerprint density at radius 1 is 1.27 bits per heavy atom. The maximum absolute atomic E-state index is 12.7. The molecule has 1 aromatic carbocycles. The summed E-state index contributed by atoms with van der Waals surface area (Å²) in [5.41, 5.74) is 0. The highest BCUT2D eigenvalue weighted by molar-refractivity contribution is 7.80. The fourth-order valence-electron chi connectivity index (χ4n) is 0.561. The van der Waals surface area contributed by atoms with E-state index in [0.717, 1.165) is 6.07 Å². The molecule has 0 radical (unpaired) electrons. The largest absolute Gasteiger partial charge is 0.205 e. The van der Waals surface area contributed by atoms with Gasteiger partial charge in [-0.15, -0.1) is 12.6 Å². The zero-order valence-corrected chi connectivity index (χ0v) is 7.44. The van der Waals surface area contributed by atoms with Gasteiger partial charge in [0.25, 0.3) is 0 Å². The number of rotatable bonds is 0. The van der Waals surface area contributed by atoms with Crippen LogP contribution < -0.4 is 0 Å². The Hall–Kier alpha value is 0.01000. The van der Waals surface area contributed by atoms with Gasteiger partial charge in [-0.25, -0.2) is 8.78 Å². The van der Waals surface area contributed by atoms with E-state index in [1.807, 2.05) is 0 Å². The Kier molecular flexibility index (Phi) is 2.62. The van der Waals surface area contributed by atoms with Crippen molar-refractivity contribution in [3.63, 3.8) is 0 Å². The van der Waals surface area contributed by atoms with Crippen LogP contribution in [0.25, 0.3) is 0 Å². The molecule has 0 spiro atoms. The molecular weight excluding hydrogens is 213 g/mol. The molecule has 0 fully saturated rings. The van der Waals surface area contributed by atoms with E-state index in [1.54, 1.807) is 0 Å². The van der Waals surface area contributed by atoms with Crippen molar-refractivity contribution in [1.82, 2.24) is 0 Å². The van der Waals surface area contributed by atoms with Crippen LogP contribution in [-0.2, 0) is 0 Å². The van der Waals surface area contributed by atoms with E-state index in [9.17, 15) is 8.78 Å². The molecule has 0 N–H and O–H groups in total. The topological polar surface area (TPSA) is 0 Å². The van der Waals surface area contributed by atoms with E-state index in [1.165, 1.54) is 0 Å². The highest BCUT2D eigenvalue weighted by Gasteiger charge is 2.12. The second kappa shape index (κ2) is 3.17. The molecule has 0 bridgehead atoms. The van der Waals surface area contributed by atoms with Crippen LogP contribution in [0, 0.1) is 11.6 Å². The fraction of sp³-hybridized carbons (Fsp3) is 0. The van der Waals surface area contributed by atoms with Crippen molar-refractivity contribution in [2.24, 2.45) is 0 Å². The van der Waals surface area contributed by atoms with Crippen LogP contribution >= 0.6 is 35.8 Å². The molecule has 1 rings (SSSR count). The summed E-state index contributed by atoms with van der Waals surface area (Å²) in [5.74, 6) is -1.58. The Labute approximate surface area is 77.5 Å². The quantitative estimate of drug-likeness (QED) is 0.496. The SMILES string of the molecule is Fc1cc(Cl)c(F)c(S)c1Cl. The van der Waals surface area contributed by atoms with Gasteiger partial charge in [-0.2, -0.15) is 0 Å². The maximum atomic E-state index is 12.7. The molecule has 0 aliphatic carbocycles. The van der Waals surface area contributed by atoms with Gasteiger partial charge in [-0.1, -0.05) is 23.2 Å². The van der Waals surface area contributed by atoms with Crippen molar-refractivity contribution in [3.05, 3.63) is 27.7 Å². The first-order valence-corrected chi connectivity index (χ1v) is 3.76. The molecule has 0 saturated carbocycles. The number of halogens is 4. The lowest BCUT2D eigenvalue weighted by Gasteiger charge is -2.01. The summed E-state index contributed by atoms with van der Waals surface area (Å²) in [6.07, 6.45) is 0. The van der Waals surface area contributed by atoms with Crippen LogP contribution in [0.3, 0.4) is 0 Å². The highest BCUT2D eigenvalue weighted by Crippen LogP contribution is 2.30. The predicted octanol–water partition coefficient (Wildman–Crippen LogP) is 3.56. The Morgan fingerprint density at radius 2 is 1.82 bits per heavy atom. The fourth-order valence-corrected chi connectivity index (χ4v) is 1.18. The maximum Gasteiger partial charge on any atom is 0.156 e. The smallest absolute Gasteiger partial charge is 0.156 e. The van der Waals surface area contributed by atoms with Crippen LogP contribution in [0.2, 0.25) is 10.0 Å². The van der Waals surface area contributed by atoms with Gasteiger partial charge in [-0.3, -0.25) is 0 Å². The summed E-state index contributed by atoms with van der Waals surface area (Å²) in [6, 6.07) is 0.805. The number of benzene rings is 1. The Morgan fingerprint density at radius 3 is 2.36 bits per heavy atom. The summed E-state index contributed by atoms with van der Waals surface area (Å²) < 4.78 is 25.3. The highest BCUT2D eigenvalue weighted by atomic mass is 35.5. The summed E-state index contributed by atoms with van der Waals surface area (Å²) in [6.45, 7) is 0. The van der Waals surface area contributed by atoms with Crippen molar-refractivity contribution in [2.75, 3.05) is 0 Å². The zero-order valence-electron chi connectivity index (χ0n) is 5.04. The van der Waals surface area contributed by atoms with Crippen molar-refractivity contribution >= 4 is 35.8 Å². The molecule has 0 atom stereocenters. The van der Waals surface area contributed by atoms with Gasteiger partial charge in [0.2, 0.25) is 0 Å². The Balaban J connectivity index is 3.46. The standard InChI is InChI=1S/C6H2Cl2F2S/c7-2-1-3(9)4(8)6(11)5(2)10/h1,11H. The minimum absolute atomic E-state index is 0.267. The van der Waals surface area contributed by atoms with E-state index in [4.69, 9.17) is 23.2 Å². The van der Waals surface area contributed by atoms with Crippen molar-refractivity contribution in [2.45, 2.75) is 4.90 Å². The van der Waals surface area contributed by atoms with Crippen molar-refractivity contribution < 1.29 is 8.78 Å². The second-order valence-electron chi connectivity index (χ2n) is 1.82. The molecule has 0 aromatic heterocycles. The third kappa shape index (κ3) is 1.60. The molecule has 0 aliphatic rings. The summed E-state index contributed by atoms with van der Waals surface area (Å²) >= 11 is 14.2. The number of thiol groups is 1. The molecule has 0 amide bonds. The van der Waals surface area contributed by atoms with Gasteiger partial charge in [0, 0.05) is 0 Å². The molecule has 0 heterocycles. The number of hydrogen-bond acceptors (Lipinski definition) is 1. The summed E-state index contributed by atoms with van der Waals surface area (Å²) in [7, 11) is 0. The van der Waals surface area contributed by atoms with E-state index in [0.29, 0.717) is 0 Å². The van der Waals surface area contributed by atoms with E-state index in [2.05, 4.69) is 12.6 Å². The molecule has 60 valence electrons. The number of hydrogen-bond donors (Lipinski definition) is 1. The predicted molar refractivity (Wildman–Crippen MR) is 43.6 cm³/mol. The zero-order chi connectivity index (χ0) is 8.59. The molecular formula is C6H2Cl2F2S. The van der Waals surface area contributed by atoms with Gasteiger partial charge in [-0.05, 0) is 6.07 Å². The molecule has 0 unspecified atom stereocenters. The molecule has 0 nitrogen and oxygen atoms in total. The Bertz CT molecular complexity index is 275. The summed E-state index contributed by atoms with van der Waals surface area (Å²) in [4.78, 5) is -0.267. The van der Waals surface area contributed by atoms with E-state index < -0.39 is 11.6 Å². The molecule has 5 heteroatoms. The molecule has 11 heavy (non-hydrogen) atoms. The molecule has 1 aromatic rings. The molecule has 0 aliphatic heterocycles. The van der Waals surface area contributed by atoms with Crippen LogP contribution in [0.5, 0.6) is 0 Å². The average Bonchev–Trinajstić information content (AvgIpc) is 1.97. The first-order chi connectivity index (χ1) is 5.04. The van der Waals surface area contributed by atoms with Gasteiger partial charge >= 0.3 is 0 Å². The lowest BCUT2D eigenvalue weighted by atomic mass is 10.3. The van der Waals surface area contributed by atoms with Crippen molar-refractivity contribution in [3.8, 4) is 0 Å². The van der Waals surface area contributed by atoms with Gasteiger partial charge in [0.1, 0.15) is 5.82 Å². The van der Waals surface area contributed by atoms with Crippen LogP contribution in [0.1, 0.15) is 0 Å². The van der Waals surface area contributed by atoms with Crippen molar-refractivity contribution in [1.29, 1.82) is 0 Å². The van der Waals surface area contributed by atoms with E-state index >= 15 is 0 Å². The molecule has 0 saturated heterocycles. The third-order valence-corrected chi connectivity index (χ3v) is 2.28. The minimum atomic E-state index is -0.804. The van der Waals surface area contributed by atoms with E-state index in [-0.39, 0.29) is 14.9 Å². The average molecular weight is 215 g/mol. The van der Waals surface area contributed by atoms with Gasteiger partial charge < -0.3 is 0 Å². The van der Waals surface area contributed by atoms with Gasteiger partial charge in [0.15, 0.2) is 5.82 Å². The van der Waals surface area contributed by atoms with Crippen LogP contribution in [0.15, 0.2) is 11.0 Å². The normalized spacial score (nSPS) is 10.3. The first kappa shape index (κ1) is 9.10. The lowest BCUT2D eigenvalue weighted by Crippen LogP contribution is -1.86. The summed E-state index contributed by atoms with van der Waals surface area (Å²) in [5, 5.41) is -0.674. The monoisotopic (exact) mass is 214 g/mol.